The Morgan fingerprint density at radius 1 is 1.11 bits per heavy atom. The number of rotatable bonds is 1. The average molecular weight is 359 g/mol. The zero-order valence-electron chi connectivity index (χ0n) is 16.1. The molecule has 5 rings (SSSR count). The van der Waals surface area contributed by atoms with Gasteiger partial charge >= 0.3 is 0 Å². The van der Waals surface area contributed by atoms with Gasteiger partial charge in [0.15, 0.2) is 0 Å². The monoisotopic (exact) mass is 359 g/mol. The van der Waals surface area contributed by atoms with Crippen LogP contribution >= 0.6 is 0 Å². The van der Waals surface area contributed by atoms with Gasteiger partial charge in [0.25, 0.3) is 0 Å². The van der Waals surface area contributed by atoms with Crippen LogP contribution in [-0.2, 0) is 17.8 Å². The number of aryl methyl sites for hydroxylation is 1. The van der Waals surface area contributed by atoms with Crippen LogP contribution in [0.5, 0.6) is 0 Å². The van der Waals surface area contributed by atoms with E-state index in [1.807, 2.05) is 12.4 Å². The summed E-state index contributed by atoms with van der Waals surface area (Å²) in [4.78, 5) is 6.57. The number of ether oxygens (including phenoxy) is 1. The van der Waals surface area contributed by atoms with Gasteiger partial charge in [0.2, 0.25) is 0 Å². The molecule has 2 atom stereocenters. The van der Waals surface area contributed by atoms with E-state index in [1.54, 1.807) is 0 Å². The fourth-order valence-electron chi connectivity index (χ4n) is 4.63. The Morgan fingerprint density at radius 2 is 1.93 bits per heavy atom. The topological polar surface area (TPSA) is 30.3 Å². The van der Waals surface area contributed by atoms with Gasteiger partial charge in [-0.1, -0.05) is 11.6 Å². The summed E-state index contributed by atoms with van der Waals surface area (Å²) in [5.74, 6) is 0. The van der Waals surface area contributed by atoms with Gasteiger partial charge in [0.1, 0.15) is 6.10 Å². The standard InChI is InChI=1S/C23H25N3O/c1-15-4-5-21-19(10-15)20-13-25(3)12-18-11-16(2)27-22(14-26(21)23(18)20)17-6-8-24-9-7-17/h4-11,16,22H,12-14H2,1-3H3. The van der Waals surface area contributed by atoms with Crippen LogP contribution in [0, 0.1) is 6.92 Å². The van der Waals surface area contributed by atoms with Crippen LogP contribution in [0.1, 0.15) is 35.4 Å². The van der Waals surface area contributed by atoms with Crippen molar-refractivity contribution in [3.05, 3.63) is 71.2 Å². The van der Waals surface area contributed by atoms with Gasteiger partial charge in [0.05, 0.1) is 18.3 Å². The molecule has 0 saturated carbocycles. The third-order valence-corrected chi connectivity index (χ3v) is 5.74. The minimum Gasteiger partial charge on any atom is -0.365 e. The maximum Gasteiger partial charge on any atom is 0.101 e. The van der Waals surface area contributed by atoms with Crippen molar-refractivity contribution in [3.8, 4) is 0 Å². The van der Waals surface area contributed by atoms with E-state index < -0.39 is 0 Å². The van der Waals surface area contributed by atoms with Crippen LogP contribution < -0.4 is 0 Å². The Hall–Kier alpha value is -2.43. The summed E-state index contributed by atoms with van der Waals surface area (Å²) in [6, 6.07) is 11.0. The lowest BCUT2D eigenvalue weighted by molar-refractivity contribution is 0.0100. The summed E-state index contributed by atoms with van der Waals surface area (Å²) in [6.45, 7) is 7.11. The molecule has 0 aliphatic carbocycles. The first-order chi connectivity index (χ1) is 13.1. The molecular formula is C23H25N3O. The molecule has 27 heavy (non-hydrogen) atoms. The highest BCUT2D eigenvalue weighted by atomic mass is 16.5. The van der Waals surface area contributed by atoms with Gasteiger partial charge in [-0.3, -0.25) is 9.88 Å². The molecule has 2 aromatic heterocycles. The Balaban J connectivity index is 1.75. The van der Waals surface area contributed by atoms with Crippen LogP contribution in [0.2, 0.25) is 0 Å². The van der Waals surface area contributed by atoms with Gasteiger partial charge in [-0.05, 0) is 67.9 Å². The highest BCUT2D eigenvalue weighted by Gasteiger charge is 2.30. The van der Waals surface area contributed by atoms with Crippen molar-refractivity contribution in [2.75, 3.05) is 13.6 Å². The summed E-state index contributed by atoms with van der Waals surface area (Å²) < 4.78 is 8.95. The first-order valence-electron chi connectivity index (χ1n) is 9.67. The number of likely N-dealkylation sites (N-methyl/N-ethyl adjacent to an activating group) is 1. The number of nitrogens with zero attached hydrogens (tertiary/aromatic N) is 3. The second kappa shape index (κ2) is 6.32. The summed E-state index contributed by atoms with van der Waals surface area (Å²) in [5, 5.41) is 1.38. The van der Waals surface area contributed by atoms with E-state index in [9.17, 15) is 0 Å². The Bertz CT molecular complexity index is 1030. The number of aromatic nitrogens is 2. The first kappa shape index (κ1) is 16.7. The molecule has 0 amide bonds. The van der Waals surface area contributed by atoms with Crippen LogP contribution in [0.15, 0.2) is 48.8 Å². The zero-order chi connectivity index (χ0) is 18.5. The van der Waals surface area contributed by atoms with E-state index >= 15 is 0 Å². The molecule has 3 aromatic rings. The van der Waals surface area contributed by atoms with Crippen molar-refractivity contribution < 1.29 is 4.74 Å². The summed E-state index contributed by atoms with van der Waals surface area (Å²) in [6.07, 6.45) is 6.10. The molecule has 0 radical (unpaired) electrons. The predicted octanol–water partition coefficient (Wildman–Crippen LogP) is 4.33. The molecule has 4 heterocycles. The van der Waals surface area contributed by atoms with E-state index in [0.29, 0.717) is 0 Å². The summed E-state index contributed by atoms with van der Waals surface area (Å²) in [7, 11) is 2.20. The predicted molar refractivity (Wildman–Crippen MR) is 109 cm³/mol. The number of pyridine rings is 1. The molecule has 4 heteroatoms. The van der Waals surface area contributed by atoms with Crippen LogP contribution in [-0.4, -0.2) is 34.1 Å². The summed E-state index contributed by atoms with van der Waals surface area (Å²) in [5.41, 5.74) is 8.05. The fourth-order valence-corrected chi connectivity index (χ4v) is 4.63. The van der Waals surface area contributed by atoms with Crippen molar-refractivity contribution in [2.24, 2.45) is 0 Å². The molecule has 138 valence electrons. The van der Waals surface area contributed by atoms with Crippen molar-refractivity contribution in [2.45, 2.75) is 39.1 Å². The quantitative estimate of drug-likeness (QED) is 0.648. The molecule has 2 unspecified atom stereocenters. The molecule has 0 N–H and O–H groups in total. The van der Waals surface area contributed by atoms with Crippen LogP contribution in [0.4, 0.5) is 0 Å². The van der Waals surface area contributed by atoms with Crippen molar-refractivity contribution >= 4 is 16.5 Å². The Kier molecular flexibility index (Phi) is 3.92. The number of hydrogen-bond donors (Lipinski definition) is 0. The highest BCUT2D eigenvalue weighted by Crippen LogP contribution is 2.39. The minimum absolute atomic E-state index is 0.0152. The maximum absolute atomic E-state index is 6.46. The fraction of sp³-hybridized carbons (Fsp3) is 0.348. The Labute approximate surface area is 160 Å². The second-order valence-corrected chi connectivity index (χ2v) is 7.93. The number of benzene rings is 1. The lowest BCUT2D eigenvalue weighted by Gasteiger charge is -2.32. The molecular weight excluding hydrogens is 334 g/mol. The van der Waals surface area contributed by atoms with Crippen LogP contribution in [0.25, 0.3) is 16.5 Å². The summed E-state index contributed by atoms with van der Waals surface area (Å²) >= 11 is 0. The van der Waals surface area contributed by atoms with Crippen LogP contribution in [0.3, 0.4) is 0 Å². The van der Waals surface area contributed by atoms with Crippen molar-refractivity contribution in [1.82, 2.24) is 14.5 Å². The largest absolute Gasteiger partial charge is 0.365 e. The molecule has 4 nitrogen and oxygen atoms in total. The van der Waals surface area contributed by atoms with E-state index in [-0.39, 0.29) is 12.2 Å². The molecule has 0 fully saturated rings. The number of fused-ring (bicyclic) bond motifs is 3. The third kappa shape index (κ3) is 2.80. The molecule has 0 saturated heterocycles. The SMILES string of the molecule is Cc1ccc2c(c1)c1c3n2CC(c2ccncc2)OC(C)C=C3CN(C)C1. The average Bonchev–Trinajstić information content (AvgIpc) is 2.93. The van der Waals surface area contributed by atoms with Crippen molar-refractivity contribution in [1.29, 1.82) is 0 Å². The van der Waals surface area contributed by atoms with E-state index in [2.05, 4.69) is 71.8 Å². The molecule has 1 aromatic carbocycles. The zero-order valence-corrected chi connectivity index (χ0v) is 16.1. The van der Waals surface area contributed by atoms with Gasteiger partial charge in [-0.15, -0.1) is 0 Å². The van der Waals surface area contributed by atoms with Gasteiger partial charge < -0.3 is 9.30 Å². The number of hydrogen-bond acceptors (Lipinski definition) is 3. The van der Waals surface area contributed by atoms with Gasteiger partial charge in [0, 0.05) is 36.4 Å². The van der Waals surface area contributed by atoms with Crippen molar-refractivity contribution in [3.63, 3.8) is 0 Å². The lowest BCUT2D eigenvalue weighted by atomic mass is 9.98. The third-order valence-electron chi connectivity index (χ3n) is 5.74. The lowest BCUT2D eigenvalue weighted by Crippen LogP contribution is -2.30. The Morgan fingerprint density at radius 3 is 2.74 bits per heavy atom. The molecule has 0 bridgehead atoms. The first-order valence-corrected chi connectivity index (χ1v) is 9.67. The molecule has 2 aliphatic heterocycles. The maximum atomic E-state index is 6.46. The smallest absolute Gasteiger partial charge is 0.101 e. The molecule has 2 aliphatic rings. The normalized spacial score (nSPS) is 22.9. The minimum atomic E-state index is 0.0152. The molecule has 0 spiro atoms. The van der Waals surface area contributed by atoms with E-state index in [4.69, 9.17) is 4.74 Å². The van der Waals surface area contributed by atoms with Gasteiger partial charge in [-0.25, -0.2) is 0 Å². The van der Waals surface area contributed by atoms with E-state index in [0.717, 1.165) is 19.6 Å². The second-order valence-electron chi connectivity index (χ2n) is 7.93. The van der Waals surface area contributed by atoms with Gasteiger partial charge in [-0.2, -0.15) is 0 Å². The highest BCUT2D eigenvalue weighted by molar-refractivity contribution is 5.92. The van der Waals surface area contributed by atoms with E-state index in [1.165, 1.54) is 38.9 Å².